The average Bonchev–Trinajstić information content (AvgIpc) is 2.96. The van der Waals surface area contributed by atoms with E-state index in [1.165, 1.54) is 16.7 Å². The lowest BCUT2D eigenvalue weighted by atomic mass is 9.72. The van der Waals surface area contributed by atoms with Crippen LogP contribution < -0.4 is 9.47 Å². The molecular formula is C24H31NO3. The van der Waals surface area contributed by atoms with Crippen LogP contribution in [0.25, 0.3) is 0 Å². The van der Waals surface area contributed by atoms with Gasteiger partial charge in [-0.15, -0.1) is 0 Å². The van der Waals surface area contributed by atoms with E-state index < -0.39 is 0 Å². The van der Waals surface area contributed by atoms with Crippen LogP contribution in [0.3, 0.4) is 0 Å². The van der Waals surface area contributed by atoms with Gasteiger partial charge in [-0.2, -0.15) is 0 Å². The van der Waals surface area contributed by atoms with Crippen LogP contribution in [0.2, 0.25) is 0 Å². The topological polar surface area (TPSA) is 41.9 Å². The van der Waals surface area contributed by atoms with Crippen LogP contribution in [0.15, 0.2) is 42.5 Å². The van der Waals surface area contributed by atoms with Gasteiger partial charge >= 0.3 is 0 Å². The number of rotatable bonds is 5. The van der Waals surface area contributed by atoms with Gasteiger partial charge in [0, 0.05) is 12.0 Å². The highest BCUT2D eigenvalue weighted by atomic mass is 16.5. The summed E-state index contributed by atoms with van der Waals surface area (Å²) in [6.45, 7) is 6.93. The number of hydrogen-bond acceptors (Lipinski definition) is 4. The van der Waals surface area contributed by atoms with E-state index in [-0.39, 0.29) is 17.6 Å². The van der Waals surface area contributed by atoms with Gasteiger partial charge in [0.1, 0.15) is 0 Å². The molecule has 4 heteroatoms. The van der Waals surface area contributed by atoms with Crippen LogP contribution in [0.1, 0.15) is 43.4 Å². The molecule has 2 aromatic carbocycles. The third kappa shape index (κ3) is 3.51. The van der Waals surface area contributed by atoms with Gasteiger partial charge in [-0.25, -0.2) is 0 Å². The summed E-state index contributed by atoms with van der Waals surface area (Å²) in [6, 6.07) is 14.8. The third-order valence-corrected chi connectivity index (χ3v) is 6.35. The zero-order valence-corrected chi connectivity index (χ0v) is 17.1. The van der Waals surface area contributed by atoms with Gasteiger partial charge < -0.3 is 14.6 Å². The van der Waals surface area contributed by atoms with E-state index in [2.05, 4.69) is 41.3 Å². The number of aliphatic hydroxyl groups is 1. The Morgan fingerprint density at radius 2 is 1.86 bits per heavy atom. The first-order valence-electron chi connectivity index (χ1n) is 10.3. The van der Waals surface area contributed by atoms with E-state index in [4.69, 9.17) is 9.47 Å². The van der Waals surface area contributed by atoms with Crippen molar-refractivity contribution in [3.63, 3.8) is 0 Å². The second kappa shape index (κ2) is 7.76. The van der Waals surface area contributed by atoms with Crippen LogP contribution in [-0.2, 0) is 18.4 Å². The monoisotopic (exact) mass is 381 g/mol. The number of likely N-dealkylation sites (tertiary alicyclic amines) is 1. The Balaban J connectivity index is 1.44. The number of hydrogen-bond donors (Lipinski definition) is 1. The summed E-state index contributed by atoms with van der Waals surface area (Å²) in [5, 5.41) is 10.8. The average molecular weight is 382 g/mol. The molecule has 1 atom stereocenters. The molecule has 1 saturated heterocycles. The van der Waals surface area contributed by atoms with Gasteiger partial charge in [0.15, 0.2) is 11.5 Å². The lowest BCUT2D eigenvalue weighted by Gasteiger charge is -2.42. The highest BCUT2D eigenvalue weighted by Crippen LogP contribution is 2.46. The number of benzene rings is 2. The fourth-order valence-corrected chi connectivity index (χ4v) is 4.90. The van der Waals surface area contributed by atoms with Crippen molar-refractivity contribution in [2.24, 2.45) is 0 Å². The molecule has 0 saturated carbocycles. The normalized spacial score (nSPS) is 21.1. The molecular weight excluding hydrogens is 350 g/mol. The zero-order valence-electron chi connectivity index (χ0n) is 17.1. The predicted octanol–water partition coefficient (Wildman–Crippen LogP) is 3.93. The van der Waals surface area contributed by atoms with Crippen molar-refractivity contribution in [2.45, 2.75) is 57.3 Å². The Morgan fingerprint density at radius 3 is 2.57 bits per heavy atom. The molecule has 4 nitrogen and oxygen atoms in total. The molecule has 150 valence electrons. The standard InChI is InChI=1S/C24H31NO3/c1-17(2)28-21-9-8-18(14-22(21)27-3)16-25-12-10-24(11-13-25)20-7-5-4-6-19(20)15-23(24)26/h4-9,14,17,23,26H,10-13,15-16H2,1-3H3. The van der Waals surface area contributed by atoms with Crippen molar-refractivity contribution in [1.82, 2.24) is 4.90 Å². The molecule has 0 aromatic heterocycles. The lowest BCUT2D eigenvalue weighted by molar-refractivity contribution is 0.0413. The SMILES string of the molecule is COc1cc(CN2CCC3(CC2)c2ccccc2CC3O)ccc1OC(C)C. The first-order valence-corrected chi connectivity index (χ1v) is 10.3. The largest absolute Gasteiger partial charge is 0.493 e. The number of aliphatic hydroxyl groups excluding tert-OH is 1. The smallest absolute Gasteiger partial charge is 0.161 e. The van der Waals surface area contributed by atoms with Crippen molar-refractivity contribution in [2.75, 3.05) is 20.2 Å². The minimum Gasteiger partial charge on any atom is -0.493 e. The first-order chi connectivity index (χ1) is 13.5. The summed E-state index contributed by atoms with van der Waals surface area (Å²) < 4.78 is 11.4. The second-order valence-corrected chi connectivity index (χ2v) is 8.46. The molecule has 1 N–H and O–H groups in total. The van der Waals surface area contributed by atoms with Crippen molar-refractivity contribution in [1.29, 1.82) is 0 Å². The summed E-state index contributed by atoms with van der Waals surface area (Å²) >= 11 is 0. The maximum absolute atomic E-state index is 10.8. The summed E-state index contributed by atoms with van der Waals surface area (Å²) in [4.78, 5) is 2.48. The van der Waals surface area contributed by atoms with Crippen LogP contribution in [-0.4, -0.2) is 42.4 Å². The highest BCUT2D eigenvalue weighted by Gasteiger charge is 2.47. The molecule has 1 aliphatic heterocycles. The minimum absolute atomic E-state index is 0.0558. The van der Waals surface area contributed by atoms with E-state index in [9.17, 15) is 5.11 Å². The molecule has 4 rings (SSSR count). The first kappa shape index (κ1) is 19.3. The lowest BCUT2D eigenvalue weighted by Crippen LogP contribution is -2.47. The molecule has 2 aromatic rings. The van der Waals surface area contributed by atoms with Gasteiger partial charge in [0.25, 0.3) is 0 Å². The number of ether oxygens (including phenoxy) is 2. The van der Waals surface area contributed by atoms with Gasteiger partial charge in [0.05, 0.1) is 19.3 Å². The molecule has 1 unspecified atom stereocenters. The molecule has 1 spiro atoms. The third-order valence-electron chi connectivity index (χ3n) is 6.35. The van der Waals surface area contributed by atoms with Gasteiger partial charge in [-0.05, 0) is 75.0 Å². The summed E-state index contributed by atoms with van der Waals surface area (Å²) in [5.41, 5.74) is 3.88. The molecule has 0 amide bonds. The summed E-state index contributed by atoms with van der Waals surface area (Å²) in [5.74, 6) is 1.59. The fraction of sp³-hybridized carbons (Fsp3) is 0.500. The number of piperidine rings is 1. The Hall–Kier alpha value is -2.04. The quantitative estimate of drug-likeness (QED) is 0.852. The van der Waals surface area contributed by atoms with Crippen LogP contribution in [0.4, 0.5) is 0 Å². The van der Waals surface area contributed by atoms with Gasteiger partial charge in [-0.1, -0.05) is 30.3 Å². The van der Waals surface area contributed by atoms with E-state index in [0.717, 1.165) is 50.4 Å². The maximum atomic E-state index is 10.8. The van der Waals surface area contributed by atoms with Crippen LogP contribution in [0.5, 0.6) is 11.5 Å². The Bertz CT molecular complexity index is 824. The van der Waals surface area contributed by atoms with E-state index in [1.807, 2.05) is 19.9 Å². The van der Waals surface area contributed by atoms with Crippen molar-refractivity contribution >= 4 is 0 Å². The molecule has 0 radical (unpaired) electrons. The Kier molecular flexibility index (Phi) is 5.35. The van der Waals surface area contributed by atoms with Crippen molar-refractivity contribution in [3.8, 4) is 11.5 Å². The van der Waals surface area contributed by atoms with E-state index in [1.54, 1.807) is 7.11 Å². The second-order valence-electron chi connectivity index (χ2n) is 8.46. The molecule has 1 heterocycles. The molecule has 1 fully saturated rings. The highest BCUT2D eigenvalue weighted by molar-refractivity contribution is 5.44. The predicted molar refractivity (Wildman–Crippen MR) is 111 cm³/mol. The zero-order chi connectivity index (χ0) is 19.7. The van der Waals surface area contributed by atoms with Crippen LogP contribution >= 0.6 is 0 Å². The Labute approximate surface area is 168 Å². The maximum Gasteiger partial charge on any atom is 0.161 e. The summed E-state index contributed by atoms with van der Waals surface area (Å²) in [6.07, 6.45) is 2.69. The Morgan fingerprint density at radius 1 is 1.11 bits per heavy atom. The summed E-state index contributed by atoms with van der Waals surface area (Å²) in [7, 11) is 1.69. The van der Waals surface area contributed by atoms with Gasteiger partial charge in [0.2, 0.25) is 0 Å². The van der Waals surface area contributed by atoms with Crippen molar-refractivity contribution in [3.05, 3.63) is 59.2 Å². The van der Waals surface area contributed by atoms with Crippen LogP contribution in [0, 0.1) is 0 Å². The minimum atomic E-state index is -0.250. The number of nitrogens with zero attached hydrogens (tertiary/aromatic N) is 1. The molecule has 28 heavy (non-hydrogen) atoms. The van der Waals surface area contributed by atoms with Crippen molar-refractivity contribution < 1.29 is 14.6 Å². The number of fused-ring (bicyclic) bond motifs is 2. The molecule has 1 aliphatic carbocycles. The van der Waals surface area contributed by atoms with E-state index in [0.29, 0.717) is 0 Å². The fourth-order valence-electron chi connectivity index (χ4n) is 4.90. The molecule has 0 bridgehead atoms. The number of methoxy groups -OCH3 is 1. The van der Waals surface area contributed by atoms with E-state index >= 15 is 0 Å². The molecule has 2 aliphatic rings. The van der Waals surface area contributed by atoms with Gasteiger partial charge in [-0.3, -0.25) is 4.90 Å².